The first-order chi connectivity index (χ1) is 9.60. The van der Waals surface area contributed by atoms with Gasteiger partial charge in [-0.05, 0) is 41.5 Å². The first-order valence-corrected chi connectivity index (χ1v) is 6.25. The highest BCUT2D eigenvalue weighted by molar-refractivity contribution is 5.89. The minimum atomic E-state index is -0.341. The predicted octanol–water partition coefficient (Wildman–Crippen LogP) is 3.96. The topological polar surface area (TPSA) is 27.0 Å². The Hall–Kier alpha value is -2.60. The molecule has 0 spiro atoms. The molecule has 100 valence electrons. The van der Waals surface area contributed by atoms with Crippen molar-refractivity contribution in [1.82, 2.24) is 0 Å². The van der Waals surface area contributed by atoms with E-state index >= 15 is 0 Å². The maximum absolute atomic E-state index is 13.2. The van der Waals surface area contributed by atoms with Crippen LogP contribution >= 0.6 is 0 Å². The molecule has 0 aliphatic heterocycles. The minimum Gasteiger partial charge on any atom is -0.378 e. The lowest BCUT2D eigenvalue weighted by Gasteiger charge is -2.11. The highest BCUT2D eigenvalue weighted by Gasteiger charge is 2.02. The predicted molar refractivity (Wildman–Crippen MR) is 80.7 cm³/mol. The molecule has 2 aromatic carbocycles. The number of benzene rings is 2. The monoisotopic (exact) mass is 266 g/mol. The van der Waals surface area contributed by atoms with E-state index in [2.05, 4.69) is 6.07 Å². The Morgan fingerprint density at radius 2 is 1.85 bits per heavy atom. The SMILES string of the molecule is CN(C)c1ccc(/C=C(/C#N)c2cccc(F)c2)cc1. The lowest BCUT2D eigenvalue weighted by atomic mass is 10.0. The van der Waals surface area contributed by atoms with Gasteiger partial charge in [0.2, 0.25) is 0 Å². The van der Waals surface area contributed by atoms with Crippen LogP contribution in [0.3, 0.4) is 0 Å². The number of halogens is 1. The fraction of sp³-hybridized carbons (Fsp3) is 0.118. The number of rotatable bonds is 3. The van der Waals surface area contributed by atoms with Gasteiger partial charge < -0.3 is 4.90 Å². The van der Waals surface area contributed by atoms with E-state index in [0.29, 0.717) is 11.1 Å². The average molecular weight is 266 g/mol. The van der Waals surface area contributed by atoms with Crippen molar-refractivity contribution < 1.29 is 4.39 Å². The Labute approximate surface area is 118 Å². The van der Waals surface area contributed by atoms with Gasteiger partial charge >= 0.3 is 0 Å². The second kappa shape index (κ2) is 6.03. The summed E-state index contributed by atoms with van der Waals surface area (Å²) < 4.78 is 13.2. The average Bonchev–Trinajstić information content (AvgIpc) is 2.45. The summed E-state index contributed by atoms with van der Waals surface area (Å²) in [5.41, 5.74) is 3.04. The van der Waals surface area contributed by atoms with Gasteiger partial charge in [-0.15, -0.1) is 0 Å². The highest BCUT2D eigenvalue weighted by atomic mass is 19.1. The molecule has 3 heteroatoms. The van der Waals surface area contributed by atoms with Crippen LogP contribution in [0.15, 0.2) is 48.5 Å². The molecule has 0 aromatic heterocycles. The van der Waals surface area contributed by atoms with Gasteiger partial charge in [-0.3, -0.25) is 0 Å². The molecule has 0 heterocycles. The Kier molecular flexibility index (Phi) is 4.17. The number of hydrogen-bond acceptors (Lipinski definition) is 2. The maximum atomic E-state index is 13.2. The molecule has 0 saturated carbocycles. The van der Waals surface area contributed by atoms with Crippen molar-refractivity contribution in [2.75, 3.05) is 19.0 Å². The fourth-order valence-electron chi connectivity index (χ4n) is 1.87. The molecule has 0 aliphatic rings. The summed E-state index contributed by atoms with van der Waals surface area (Å²) >= 11 is 0. The van der Waals surface area contributed by atoms with Crippen LogP contribution in [-0.2, 0) is 0 Å². The van der Waals surface area contributed by atoms with E-state index in [9.17, 15) is 9.65 Å². The quantitative estimate of drug-likeness (QED) is 0.621. The van der Waals surface area contributed by atoms with E-state index in [1.165, 1.54) is 12.1 Å². The molecular formula is C17H15FN2. The van der Waals surface area contributed by atoms with Crippen molar-refractivity contribution >= 4 is 17.3 Å². The van der Waals surface area contributed by atoms with Crippen LogP contribution in [0.1, 0.15) is 11.1 Å². The van der Waals surface area contributed by atoms with Crippen LogP contribution < -0.4 is 4.90 Å². The van der Waals surface area contributed by atoms with Gasteiger partial charge in [-0.25, -0.2) is 4.39 Å². The van der Waals surface area contributed by atoms with E-state index in [1.807, 2.05) is 43.3 Å². The lowest BCUT2D eigenvalue weighted by Crippen LogP contribution is -2.07. The molecule has 0 saturated heterocycles. The van der Waals surface area contributed by atoms with Gasteiger partial charge in [-0.2, -0.15) is 5.26 Å². The summed E-state index contributed by atoms with van der Waals surface area (Å²) in [6, 6.07) is 16.0. The van der Waals surface area contributed by atoms with Gasteiger partial charge in [0.25, 0.3) is 0 Å². The molecule has 0 atom stereocenters. The molecule has 20 heavy (non-hydrogen) atoms. The molecule has 0 bridgehead atoms. The van der Waals surface area contributed by atoms with Crippen molar-refractivity contribution in [2.24, 2.45) is 0 Å². The number of allylic oxidation sites excluding steroid dienone is 1. The van der Waals surface area contributed by atoms with Crippen LogP contribution in [0.25, 0.3) is 11.6 Å². The summed E-state index contributed by atoms with van der Waals surface area (Å²) in [6.45, 7) is 0. The highest BCUT2D eigenvalue weighted by Crippen LogP contribution is 2.20. The van der Waals surface area contributed by atoms with Crippen LogP contribution in [-0.4, -0.2) is 14.1 Å². The maximum Gasteiger partial charge on any atom is 0.123 e. The van der Waals surface area contributed by atoms with E-state index in [0.717, 1.165) is 11.3 Å². The van der Waals surface area contributed by atoms with Crippen molar-refractivity contribution in [1.29, 1.82) is 5.26 Å². The number of anilines is 1. The summed E-state index contributed by atoms with van der Waals surface area (Å²) in [5, 5.41) is 9.23. The first kappa shape index (κ1) is 13.8. The molecular weight excluding hydrogens is 251 g/mol. The van der Waals surface area contributed by atoms with E-state index in [4.69, 9.17) is 0 Å². The smallest absolute Gasteiger partial charge is 0.123 e. The summed E-state index contributed by atoms with van der Waals surface area (Å²) in [7, 11) is 3.94. The zero-order valence-electron chi connectivity index (χ0n) is 11.5. The second-order valence-electron chi connectivity index (χ2n) is 4.67. The molecule has 0 fully saturated rings. The van der Waals surface area contributed by atoms with Crippen LogP contribution in [0.4, 0.5) is 10.1 Å². The summed E-state index contributed by atoms with van der Waals surface area (Å²) in [6.07, 6.45) is 1.76. The number of nitrogens with zero attached hydrogens (tertiary/aromatic N) is 2. The zero-order chi connectivity index (χ0) is 14.5. The van der Waals surface area contributed by atoms with E-state index < -0.39 is 0 Å². The molecule has 0 radical (unpaired) electrons. The van der Waals surface area contributed by atoms with Crippen LogP contribution in [0.5, 0.6) is 0 Å². The molecule has 2 rings (SSSR count). The van der Waals surface area contributed by atoms with Crippen molar-refractivity contribution in [2.45, 2.75) is 0 Å². The Bertz CT molecular complexity index is 664. The normalized spacial score (nSPS) is 11.0. The van der Waals surface area contributed by atoms with Crippen molar-refractivity contribution in [3.05, 3.63) is 65.5 Å². The molecule has 0 N–H and O–H groups in total. The minimum absolute atomic E-state index is 0.341. The van der Waals surface area contributed by atoms with E-state index in [1.54, 1.807) is 18.2 Å². The lowest BCUT2D eigenvalue weighted by molar-refractivity contribution is 0.627. The molecule has 0 amide bonds. The standard InChI is InChI=1S/C17H15FN2/c1-20(2)17-8-6-13(7-9-17)10-15(12-19)14-4-3-5-16(18)11-14/h3-11H,1-2H3/b15-10-. The van der Waals surface area contributed by atoms with Crippen LogP contribution in [0, 0.1) is 17.1 Å². The Balaban J connectivity index is 2.34. The van der Waals surface area contributed by atoms with Crippen molar-refractivity contribution in [3.8, 4) is 6.07 Å². The number of nitriles is 1. The second-order valence-corrected chi connectivity index (χ2v) is 4.67. The third kappa shape index (κ3) is 3.24. The van der Waals surface area contributed by atoms with Gasteiger partial charge in [-0.1, -0.05) is 24.3 Å². The zero-order valence-corrected chi connectivity index (χ0v) is 11.5. The van der Waals surface area contributed by atoms with Gasteiger partial charge in [0.1, 0.15) is 5.82 Å². The van der Waals surface area contributed by atoms with E-state index in [-0.39, 0.29) is 5.82 Å². The first-order valence-electron chi connectivity index (χ1n) is 6.25. The number of hydrogen-bond donors (Lipinski definition) is 0. The van der Waals surface area contributed by atoms with Gasteiger partial charge in [0, 0.05) is 19.8 Å². The molecule has 2 nitrogen and oxygen atoms in total. The molecule has 2 aromatic rings. The molecule has 0 aliphatic carbocycles. The Morgan fingerprint density at radius 1 is 1.15 bits per heavy atom. The van der Waals surface area contributed by atoms with Crippen LogP contribution in [0.2, 0.25) is 0 Å². The van der Waals surface area contributed by atoms with Crippen molar-refractivity contribution in [3.63, 3.8) is 0 Å². The Morgan fingerprint density at radius 3 is 2.40 bits per heavy atom. The molecule has 0 unspecified atom stereocenters. The third-order valence-corrected chi connectivity index (χ3v) is 2.98. The van der Waals surface area contributed by atoms with Gasteiger partial charge in [0.05, 0.1) is 11.6 Å². The third-order valence-electron chi connectivity index (χ3n) is 2.98. The largest absolute Gasteiger partial charge is 0.378 e. The summed E-state index contributed by atoms with van der Waals surface area (Å²) in [5.74, 6) is -0.341. The fourth-order valence-corrected chi connectivity index (χ4v) is 1.87. The van der Waals surface area contributed by atoms with Gasteiger partial charge in [0.15, 0.2) is 0 Å². The summed E-state index contributed by atoms with van der Waals surface area (Å²) in [4.78, 5) is 2.01.